The molecule has 0 radical (unpaired) electrons. The fraction of sp³-hybridized carbons (Fsp3) is 0.667. The second kappa shape index (κ2) is 7.28. The maximum Gasteiger partial charge on any atom is 0.119 e. The molecule has 1 aliphatic heterocycles. The first-order valence-corrected chi connectivity index (χ1v) is 8.46. The third-order valence-corrected chi connectivity index (χ3v) is 5.03. The van der Waals surface area contributed by atoms with Gasteiger partial charge in [0.15, 0.2) is 0 Å². The van der Waals surface area contributed by atoms with E-state index in [0.29, 0.717) is 0 Å². The zero-order valence-corrected chi connectivity index (χ0v) is 13.2. The molecular weight excluding hydrogens is 260 g/mol. The Balaban J connectivity index is 1.56. The second-order valence-electron chi connectivity index (χ2n) is 6.39. The molecule has 1 saturated heterocycles. The number of hydrogen-bond acceptors (Lipinski definition) is 3. The number of rotatable bonds is 5. The molecule has 1 aliphatic carbocycles. The Labute approximate surface area is 128 Å². The molecule has 1 heterocycles. The molecule has 116 valence electrons. The van der Waals surface area contributed by atoms with Gasteiger partial charge in [0.1, 0.15) is 5.75 Å². The average Bonchev–Trinajstić information content (AvgIpc) is 2.55. The molecule has 0 aromatic heterocycles. The van der Waals surface area contributed by atoms with E-state index in [1.807, 2.05) is 0 Å². The molecule has 0 unspecified atom stereocenters. The van der Waals surface area contributed by atoms with Gasteiger partial charge in [0.2, 0.25) is 0 Å². The van der Waals surface area contributed by atoms with Crippen molar-refractivity contribution in [2.24, 2.45) is 0 Å². The van der Waals surface area contributed by atoms with Crippen molar-refractivity contribution >= 4 is 0 Å². The van der Waals surface area contributed by atoms with Gasteiger partial charge in [-0.2, -0.15) is 0 Å². The van der Waals surface area contributed by atoms with Crippen molar-refractivity contribution in [1.82, 2.24) is 10.2 Å². The Bertz CT molecular complexity index is 455. The number of methoxy groups -OCH3 is 1. The van der Waals surface area contributed by atoms with Crippen molar-refractivity contribution in [3.8, 4) is 5.75 Å². The van der Waals surface area contributed by atoms with Crippen LogP contribution in [0.5, 0.6) is 5.75 Å². The summed E-state index contributed by atoms with van der Waals surface area (Å²) in [5.74, 6) is 1.76. The van der Waals surface area contributed by atoms with Gasteiger partial charge >= 0.3 is 0 Å². The first-order chi connectivity index (χ1) is 10.4. The Morgan fingerprint density at radius 3 is 2.95 bits per heavy atom. The van der Waals surface area contributed by atoms with Crippen LogP contribution >= 0.6 is 0 Å². The summed E-state index contributed by atoms with van der Waals surface area (Å²) in [5.41, 5.74) is 3.11. The number of ether oxygens (including phenoxy) is 1. The van der Waals surface area contributed by atoms with E-state index in [0.717, 1.165) is 24.8 Å². The van der Waals surface area contributed by atoms with Crippen molar-refractivity contribution in [2.45, 2.75) is 38.0 Å². The normalized spacial score (nSPS) is 22.8. The van der Waals surface area contributed by atoms with Crippen molar-refractivity contribution in [3.05, 3.63) is 29.3 Å². The minimum Gasteiger partial charge on any atom is -0.497 e. The molecule has 3 rings (SSSR count). The highest BCUT2D eigenvalue weighted by Crippen LogP contribution is 2.36. The zero-order chi connectivity index (χ0) is 14.5. The van der Waals surface area contributed by atoms with Gasteiger partial charge in [-0.3, -0.25) is 0 Å². The Morgan fingerprint density at radius 1 is 1.29 bits per heavy atom. The van der Waals surface area contributed by atoms with Crippen LogP contribution in [0.25, 0.3) is 0 Å². The van der Waals surface area contributed by atoms with Crippen LogP contribution in [-0.2, 0) is 6.42 Å². The molecule has 2 aliphatic rings. The molecule has 1 aromatic carbocycles. The molecule has 1 fully saturated rings. The summed E-state index contributed by atoms with van der Waals surface area (Å²) in [7, 11) is 1.77. The van der Waals surface area contributed by atoms with Gasteiger partial charge in [0.05, 0.1) is 7.11 Å². The summed E-state index contributed by atoms with van der Waals surface area (Å²) >= 11 is 0. The van der Waals surface area contributed by atoms with Crippen LogP contribution in [0.15, 0.2) is 18.2 Å². The smallest absolute Gasteiger partial charge is 0.119 e. The van der Waals surface area contributed by atoms with Gasteiger partial charge in [0, 0.05) is 26.2 Å². The van der Waals surface area contributed by atoms with Crippen LogP contribution in [0, 0.1) is 0 Å². The highest BCUT2D eigenvalue weighted by molar-refractivity contribution is 5.39. The standard InChI is InChI=1S/C18H28N2O/c1-21-17-8-7-16-5-2-4-15(18(16)14-17)6-3-11-20-12-9-19-10-13-20/h7-8,14-15,19H,2-6,9-13H2,1H3/t15-/m1/s1. The van der Waals surface area contributed by atoms with Crippen LogP contribution in [0.3, 0.4) is 0 Å². The fourth-order valence-electron chi connectivity index (χ4n) is 3.80. The van der Waals surface area contributed by atoms with E-state index in [-0.39, 0.29) is 0 Å². The van der Waals surface area contributed by atoms with Crippen LogP contribution in [0.1, 0.15) is 42.7 Å². The molecule has 21 heavy (non-hydrogen) atoms. The number of nitrogens with one attached hydrogen (secondary N) is 1. The number of hydrogen-bond donors (Lipinski definition) is 1. The van der Waals surface area contributed by atoms with E-state index < -0.39 is 0 Å². The molecular formula is C18H28N2O. The Hall–Kier alpha value is -1.06. The molecule has 1 N–H and O–H groups in total. The topological polar surface area (TPSA) is 24.5 Å². The van der Waals surface area contributed by atoms with Crippen LogP contribution in [0.2, 0.25) is 0 Å². The predicted molar refractivity (Wildman–Crippen MR) is 87.2 cm³/mol. The monoisotopic (exact) mass is 288 g/mol. The number of aryl methyl sites for hydroxylation is 1. The van der Waals surface area contributed by atoms with E-state index in [4.69, 9.17) is 4.74 Å². The maximum absolute atomic E-state index is 5.41. The van der Waals surface area contributed by atoms with Crippen LogP contribution in [0.4, 0.5) is 0 Å². The lowest BCUT2D eigenvalue weighted by Crippen LogP contribution is -2.43. The number of nitrogens with zero attached hydrogens (tertiary/aromatic N) is 1. The van der Waals surface area contributed by atoms with E-state index in [2.05, 4.69) is 28.4 Å². The molecule has 3 heteroatoms. The number of piperazine rings is 1. The molecule has 0 saturated carbocycles. The van der Waals surface area contributed by atoms with E-state index in [9.17, 15) is 0 Å². The molecule has 1 aromatic rings. The summed E-state index contributed by atoms with van der Waals surface area (Å²) in [6.45, 7) is 6.01. The summed E-state index contributed by atoms with van der Waals surface area (Å²) in [4.78, 5) is 2.60. The Kier molecular flexibility index (Phi) is 5.15. The van der Waals surface area contributed by atoms with Crippen LogP contribution < -0.4 is 10.1 Å². The van der Waals surface area contributed by atoms with Crippen LogP contribution in [-0.4, -0.2) is 44.7 Å². The van der Waals surface area contributed by atoms with Gasteiger partial charge in [0.25, 0.3) is 0 Å². The van der Waals surface area contributed by atoms with Gasteiger partial charge < -0.3 is 15.0 Å². The van der Waals surface area contributed by atoms with Gasteiger partial charge in [-0.05, 0) is 67.8 Å². The second-order valence-corrected chi connectivity index (χ2v) is 6.39. The van der Waals surface area contributed by atoms with Gasteiger partial charge in [-0.25, -0.2) is 0 Å². The lowest BCUT2D eigenvalue weighted by Gasteiger charge is -2.29. The molecule has 1 atom stereocenters. The average molecular weight is 288 g/mol. The summed E-state index contributed by atoms with van der Waals surface area (Å²) in [6, 6.07) is 6.67. The summed E-state index contributed by atoms with van der Waals surface area (Å²) < 4.78 is 5.41. The lowest BCUT2D eigenvalue weighted by molar-refractivity contribution is 0.233. The van der Waals surface area contributed by atoms with Gasteiger partial charge in [-0.1, -0.05) is 6.07 Å². The SMILES string of the molecule is COc1ccc2c(c1)[C@@H](CCCN1CCNCC1)CCC2. The lowest BCUT2D eigenvalue weighted by atomic mass is 9.80. The van der Waals surface area contributed by atoms with E-state index in [1.165, 1.54) is 51.7 Å². The third kappa shape index (κ3) is 3.78. The fourth-order valence-corrected chi connectivity index (χ4v) is 3.80. The maximum atomic E-state index is 5.41. The number of fused-ring (bicyclic) bond motifs is 1. The quantitative estimate of drug-likeness (QED) is 0.901. The molecule has 0 bridgehead atoms. The van der Waals surface area contributed by atoms with Crippen molar-refractivity contribution in [1.29, 1.82) is 0 Å². The van der Waals surface area contributed by atoms with Gasteiger partial charge in [-0.15, -0.1) is 0 Å². The zero-order valence-electron chi connectivity index (χ0n) is 13.2. The summed E-state index contributed by atoms with van der Waals surface area (Å²) in [6.07, 6.45) is 6.58. The largest absolute Gasteiger partial charge is 0.497 e. The molecule has 0 amide bonds. The number of benzene rings is 1. The minimum atomic E-state index is 0.742. The molecule has 3 nitrogen and oxygen atoms in total. The van der Waals surface area contributed by atoms with Crippen molar-refractivity contribution in [2.75, 3.05) is 39.8 Å². The summed E-state index contributed by atoms with van der Waals surface area (Å²) in [5, 5.41) is 3.42. The molecule has 0 spiro atoms. The minimum absolute atomic E-state index is 0.742. The first-order valence-electron chi connectivity index (χ1n) is 8.46. The van der Waals surface area contributed by atoms with Crippen molar-refractivity contribution in [3.63, 3.8) is 0 Å². The third-order valence-electron chi connectivity index (χ3n) is 5.03. The van der Waals surface area contributed by atoms with E-state index in [1.54, 1.807) is 18.2 Å². The Morgan fingerprint density at radius 2 is 2.14 bits per heavy atom. The first kappa shape index (κ1) is 14.9. The predicted octanol–water partition coefficient (Wildman–Crippen LogP) is 2.80. The van der Waals surface area contributed by atoms with Crippen molar-refractivity contribution < 1.29 is 4.74 Å². The highest BCUT2D eigenvalue weighted by atomic mass is 16.5. The van der Waals surface area contributed by atoms with E-state index >= 15 is 0 Å². The highest BCUT2D eigenvalue weighted by Gasteiger charge is 2.21.